The molecule has 1 aliphatic heterocycles. The molecule has 1 aliphatic rings. The first kappa shape index (κ1) is 12.4. The quantitative estimate of drug-likeness (QED) is 0.868. The van der Waals surface area contributed by atoms with Gasteiger partial charge in [-0.15, -0.1) is 0 Å². The van der Waals surface area contributed by atoms with E-state index in [1.165, 1.54) is 24.1 Å². The molecule has 2 rings (SSSR count). The Labute approximate surface area is 104 Å². The summed E-state index contributed by atoms with van der Waals surface area (Å²) >= 11 is 0. The Kier molecular flexibility index (Phi) is 4.00. The van der Waals surface area contributed by atoms with Crippen molar-refractivity contribution in [3.63, 3.8) is 0 Å². The van der Waals surface area contributed by atoms with Gasteiger partial charge < -0.3 is 10.2 Å². The number of aryl methyl sites for hydroxylation is 1. The molecule has 2 unspecified atom stereocenters. The minimum Gasteiger partial charge on any atom is -0.364 e. The van der Waals surface area contributed by atoms with Crippen LogP contribution in [0.3, 0.4) is 0 Å². The molecule has 17 heavy (non-hydrogen) atoms. The third-order valence-corrected chi connectivity index (χ3v) is 3.78. The lowest BCUT2D eigenvalue weighted by atomic mass is 10.0. The second kappa shape index (κ2) is 5.50. The van der Waals surface area contributed by atoms with Crippen LogP contribution in [0.15, 0.2) is 18.5 Å². The summed E-state index contributed by atoms with van der Waals surface area (Å²) in [4.78, 5) is 6.81. The molecule has 1 aromatic heterocycles. The van der Waals surface area contributed by atoms with Crippen molar-refractivity contribution in [3.8, 4) is 0 Å². The van der Waals surface area contributed by atoms with E-state index < -0.39 is 0 Å². The highest BCUT2D eigenvalue weighted by molar-refractivity contribution is 5.52. The van der Waals surface area contributed by atoms with Crippen molar-refractivity contribution >= 4 is 5.69 Å². The summed E-state index contributed by atoms with van der Waals surface area (Å²) in [6, 6.07) is 3.31. The number of nitrogens with one attached hydrogen (secondary N) is 1. The van der Waals surface area contributed by atoms with Crippen LogP contribution in [0.1, 0.15) is 32.3 Å². The summed E-state index contributed by atoms with van der Waals surface area (Å²) in [7, 11) is 0. The summed E-state index contributed by atoms with van der Waals surface area (Å²) in [5.74, 6) is 0. The summed E-state index contributed by atoms with van der Waals surface area (Å²) in [5, 5.41) is 3.63. The first-order valence-electron chi connectivity index (χ1n) is 6.66. The fourth-order valence-corrected chi connectivity index (χ4v) is 2.55. The minimum atomic E-state index is 0.598. The summed E-state index contributed by atoms with van der Waals surface area (Å²) in [5.41, 5.74) is 2.63. The predicted octanol–water partition coefficient (Wildman–Crippen LogP) is 2.36. The zero-order chi connectivity index (χ0) is 12.3. The van der Waals surface area contributed by atoms with E-state index in [2.05, 4.69) is 42.0 Å². The van der Waals surface area contributed by atoms with Crippen LogP contribution in [0.5, 0.6) is 0 Å². The van der Waals surface area contributed by atoms with Gasteiger partial charge in [0.05, 0.1) is 11.9 Å². The average Bonchev–Trinajstić information content (AvgIpc) is 2.38. The molecule has 0 spiro atoms. The van der Waals surface area contributed by atoms with Crippen LogP contribution < -0.4 is 10.2 Å². The molecule has 0 radical (unpaired) electrons. The maximum Gasteiger partial charge on any atom is 0.0585 e. The van der Waals surface area contributed by atoms with E-state index in [0.29, 0.717) is 12.1 Å². The van der Waals surface area contributed by atoms with Crippen LogP contribution in [0.4, 0.5) is 5.69 Å². The molecule has 3 heteroatoms. The lowest BCUT2D eigenvalue weighted by Crippen LogP contribution is -2.56. The number of anilines is 1. The molecular formula is C14H23N3. The molecule has 1 saturated heterocycles. The van der Waals surface area contributed by atoms with Crippen LogP contribution in [0.2, 0.25) is 0 Å². The van der Waals surface area contributed by atoms with Crippen molar-refractivity contribution in [1.82, 2.24) is 10.3 Å². The van der Waals surface area contributed by atoms with Gasteiger partial charge in [-0.2, -0.15) is 0 Å². The van der Waals surface area contributed by atoms with E-state index in [-0.39, 0.29) is 0 Å². The van der Waals surface area contributed by atoms with Gasteiger partial charge in [0, 0.05) is 31.4 Å². The molecule has 94 valence electrons. The smallest absolute Gasteiger partial charge is 0.0585 e. The number of rotatable bonds is 3. The Balaban J connectivity index is 2.23. The normalized spacial score (nSPS) is 25.0. The first-order chi connectivity index (χ1) is 8.26. The second-order valence-electron chi connectivity index (χ2n) is 4.89. The van der Waals surface area contributed by atoms with E-state index in [4.69, 9.17) is 0 Å². The molecule has 2 heterocycles. The van der Waals surface area contributed by atoms with Gasteiger partial charge in [-0.25, -0.2) is 0 Å². The van der Waals surface area contributed by atoms with Gasteiger partial charge in [0.15, 0.2) is 0 Å². The number of aromatic nitrogens is 1. The highest BCUT2D eigenvalue weighted by Crippen LogP contribution is 2.24. The number of nitrogens with zero attached hydrogens (tertiary/aromatic N) is 2. The second-order valence-corrected chi connectivity index (χ2v) is 4.89. The van der Waals surface area contributed by atoms with Gasteiger partial charge in [-0.1, -0.05) is 13.8 Å². The largest absolute Gasteiger partial charge is 0.364 e. The zero-order valence-corrected chi connectivity index (χ0v) is 11.1. The van der Waals surface area contributed by atoms with E-state index in [1.54, 1.807) is 0 Å². The maximum atomic E-state index is 4.28. The molecule has 0 aliphatic carbocycles. The molecule has 0 aromatic carbocycles. The average molecular weight is 233 g/mol. The topological polar surface area (TPSA) is 28.2 Å². The summed E-state index contributed by atoms with van der Waals surface area (Å²) < 4.78 is 0. The standard InChI is InChI=1S/C14H23N3/c1-4-12-10-17(13(5-2)8-16-12)14-9-15-7-6-11(14)3/h6-7,9,12-13,16H,4-5,8,10H2,1-3H3. The lowest BCUT2D eigenvalue weighted by Gasteiger charge is -2.42. The highest BCUT2D eigenvalue weighted by Gasteiger charge is 2.26. The Morgan fingerprint density at radius 1 is 1.41 bits per heavy atom. The Bertz CT molecular complexity index is 364. The molecule has 1 fully saturated rings. The zero-order valence-electron chi connectivity index (χ0n) is 11.1. The van der Waals surface area contributed by atoms with Gasteiger partial charge in [0.1, 0.15) is 0 Å². The first-order valence-corrected chi connectivity index (χ1v) is 6.66. The molecule has 3 nitrogen and oxygen atoms in total. The monoisotopic (exact) mass is 233 g/mol. The van der Waals surface area contributed by atoms with Crippen LogP contribution in [-0.4, -0.2) is 30.2 Å². The van der Waals surface area contributed by atoms with Gasteiger partial charge in [0.25, 0.3) is 0 Å². The Hall–Kier alpha value is -1.09. The molecular weight excluding hydrogens is 210 g/mol. The van der Waals surface area contributed by atoms with Gasteiger partial charge >= 0.3 is 0 Å². The van der Waals surface area contributed by atoms with Crippen molar-refractivity contribution in [2.45, 2.75) is 45.7 Å². The maximum absolute atomic E-state index is 4.28. The molecule has 1 aromatic rings. The van der Waals surface area contributed by atoms with Crippen molar-refractivity contribution in [2.24, 2.45) is 0 Å². The predicted molar refractivity (Wildman–Crippen MR) is 72.5 cm³/mol. The van der Waals surface area contributed by atoms with Crippen LogP contribution in [0, 0.1) is 6.92 Å². The minimum absolute atomic E-state index is 0.598. The molecule has 2 atom stereocenters. The van der Waals surface area contributed by atoms with Crippen molar-refractivity contribution in [1.29, 1.82) is 0 Å². The van der Waals surface area contributed by atoms with E-state index in [9.17, 15) is 0 Å². The fraction of sp³-hybridized carbons (Fsp3) is 0.643. The van der Waals surface area contributed by atoms with Crippen LogP contribution in [0.25, 0.3) is 0 Å². The lowest BCUT2D eigenvalue weighted by molar-refractivity contribution is 0.378. The van der Waals surface area contributed by atoms with Gasteiger partial charge in [-0.05, 0) is 31.4 Å². The van der Waals surface area contributed by atoms with Crippen molar-refractivity contribution in [3.05, 3.63) is 24.0 Å². The van der Waals surface area contributed by atoms with Crippen molar-refractivity contribution in [2.75, 3.05) is 18.0 Å². The SMILES string of the molecule is CCC1CN(c2cnccc2C)C(CC)CN1. The van der Waals surface area contributed by atoms with Crippen molar-refractivity contribution < 1.29 is 0 Å². The molecule has 0 amide bonds. The van der Waals surface area contributed by atoms with E-state index >= 15 is 0 Å². The Morgan fingerprint density at radius 2 is 2.24 bits per heavy atom. The Morgan fingerprint density at radius 3 is 2.88 bits per heavy atom. The van der Waals surface area contributed by atoms with Crippen LogP contribution >= 0.6 is 0 Å². The third-order valence-electron chi connectivity index (χ3n) is 3.78. The number of hydrogen-bond acceptors (Lipinski definition) is 3. The summed E-state index contributed by atoms with van der Waals surface area (Å²) in [6.07, 6.45) is 6.25. The number of hydrogen-bond donors (Lipinski definition) is 1. The third kappa shape index (κ3) is 2.60. The van der Waals surface area contributed by atoms with Gasteiger partial charge in [-0.3, -0.25) is 4.98 Å². The molecule has 0 saturated carbocycles. The highest BCUT2D eigenvalue weighted by atomic mass is 15.2. The molecule has 0 bridgehead atoms. The van der Waals surface area contributed by atoms with Gasteiger partial charge in [0.2, 0.25) is 0 Å². The fourth-order valence-electron chi connectivity index (χ4n) is 2.55. The molecule has 1 N–H and O–H groups in total. The van der Waals surface area contributed by atoms with E-state index in [0.717, 1.165) is 13.1 Å². The summed E-state index contributed by atoms with van der Waals surface area (Å²) in [6.45, 7) is 8.87. The van der Waals surface area contributed by atoms with E-state index in [1.807, 2.05) is 12.4 Å². The number of pyridine rings is 1. The van der Waals surface area contributed by atoms with Crippen LogP contribution in [-0.2, 0) is 0 Å². The number of piperazine rings is 1.